The third kappa shape index (κ3) is 6.15. The molecule has 17 heteroatoms. The zero-order chi connectivity index (χ0) is 31.6. The Morgan fingerprint density at radius 2 is 2.05 bits per heavy atom. The van der Waals surface area contributed by atoms with Crippen LogP contribution in [0.5, 0.6) is 0 Å². The minimum absolute atomic E-state index is 0.0291. The van der Waals surface area contributed by atoms with Crippen molar-refractivity contribution in [2.45, 2.75) is 38.1 Å². The molecule has 4 rings (SSSR count). The van der Waals surface area contributed by atoms with Gasteiger partial charge in [0.25, 0.3) is 0 Å². The van der Waals surface area contributed by atoms with E-state index >= 15 is 0 Å². The van der Waals surface area contributed by atoms with Crippen LogP contribution in [0, 0.1) is 0 Å². The van der Waals surface area contributed by atoms with Crippen molar-refractivity contribution >= 4 is 31.0 Å². The van der Waals surface area contributed by atoms with E-state index < -0.39 is 42.3 Å². The van der Waals surface area contributed by atoms with Crippen LogP contribution in [0.4, 0.5) is 30.6 Å². The predicted octanol–water partition coefficient (Wildman–Crippen LogP) is 2.50. The van der Waals surface area contributed by atoms with Gasteiger partial charge >= 0.3 is 12.1 Å². The van der Waals surface area contributed by atoms with E-state index in [0.717, 1.165) is 5.57 Å². The Kier molecular flexibility index (Phi) is 9.00. The molecule has 13 nitrogen and oxygen atoms in total. The average Bonchev–Trinajstić information content (AvgIpc) is 3.48. The summed E-state index contributed by atoms with van der Waals surface area (Å²) in [6.45, 7) is 3.42. The fraction of sp³-hybridized carbons (Fsp3) is 0.385. The van der Waals surface area contributed by atoms with Gasteiger partial charge in [0, 0.05) is 32.7 Å². The van der Waals surface area contributed by atoms with E-state index in [1.165, 1.54) is 32.3 Å². The molecule has 0 radical (unpaired) electrons. The summed E-state index contributed by atoms with van der Waals surface area (Å²) in [5.41, 5.74) is 0.167. The lowest BCUT2D eigenvalue weighted by atomic mass is 9.95. The van der Waals surface area contributed by atoms with Crippen LogP contribution in [0.2, 0.25) is 0 Å². The average molecular weight is 625 g/mol. The minimum atomic E-state index is -5.20. The van der Waals surface area contributed by atoms with Gasteiger partial charge in [-0.25, -0.2) is 9.47 Å². The predicted molar refractivity (Wildman–Crippen MR) is 151 cm³/mol. The normalized spacial score (nSPS) is 23.7. The summed E-state index contributed by atoms with van der Waals surface area (Å²) >= 11 is 0. The molecule has 232 valence electrons. The largest absolute Gasteiger partial charge is 0.777 e. The number of H-pyrrole nitrogens is 1. The Labute approximate surface area is 245 Å². The summed E-state index contributed by atoms with van der Waals surface area (Å²) in [6, 6.07) is 0. The second-order valence-corrected chi connectivity index (χ2v) is 12.0. The molecule has 43 heavy (non-hydrogen) atoms. The van der Waals surface area contributed by atoms with Crippen LogP contribution in [0.15, 0.2) is 65.4 Å². The maximum Gasteiger partial charge on any atom is 0.421 e. The third-order valence-electron chi connectivity index (χ3n) is 7.47. The number of nitrogens with zero attached hydrogens (tertiary/aromatic N) is 4. The highest BCUT2D eigenvalue weighted by Crippen LogP contribution is 2.55. The van der Waals surface area contributed by atoms with Gasteiger partial charge in [-0.3, -0.25) is 9.89 Å². The highest BCUT2D eigenvalue weighted by atomic mass is 31.2. The maximum absolute atomic E-state index is 14.2. The molecule has 0 fully saturated rings. The number of likely N-dealkylation sites (N-methyl/N-ethyl adjacent to an activating group) is 1. The van der Waals surface area contributed by atoms with E-state index in [-0.39, 0.29) is 54.0 Å². The molecule has 3 heterocycles. The lowest BCUT2D eigenvalue weighted by Crippen LogP contribution is -2.55. The first kappa shape index (κ1) is 32.1. The Bertz CT molecular complexity index is 1550. The van der Waals surface area contributed by atoms with Gasteiger partial charge in [0.05, 0.1) is 12.7 Å². The van der Waals surface area contributed by atoms with Crippen molar-refractivity contribution in [1.82, 2.24) is 30.0 Å². The van der Waals surface area contributed by atoms with Crippen molar-refractivity contribution < 1.29 is 37.4 Å². The number of allylic oxidation sites excluding steroid dienone is 3. The van der Waals surface area contributed by atoms with Gasteiger partial charge < -0.3 is 35.4 Å². The number of nitrogens with one attached hydrogen (secondary N) is 4. The van der Waals surface area contributed by atoms with Gasteiger partial charge in [0.15, 0.2) is 13.3 Å². The molecule has 2 aliphatic rings. The summed E-state index contributed by atoms with van der Waals surface area (Å²) in [5.74, 6) is -1.89. The smallest absolute Gasteiger partial charge is 0.421 e. The standard InChI is InChI=1S/C26H32F3N8O5P/c1-16-7-8-25(17(2)12-16,43(40,41)42)36-24-31-15-19(26(27,28)29)22(35-24)34-20-6-4-9-37(10-5-11-38,18-13-32-33-14-18)21(20)23(39)30-3/h4,6-7,12-15,38H,5,8-11H2,1-3H3,(H5-,30,31,32,33,34,35,36,39,40,41,42). The van der Waals surface area contributed by atoms with Crippen molar-refractivity contribution in [3.63, 3.8) is 0 Å². The molecule has 0 bridgehead atoms. The fourth-order valence-corrected chi connectivity index (χ4v) is 6.35. The molecule has 2 aromatic heterocycles. The maximum atomic E-state index is 14.2. The Balaban J connectivity index is 1.88. The minimum Gasteiger partial charge on any atom is -0.777 e. The van der Waals surface area contributed by atoms with Crippen LogP contribution in [0.25, 0.3) is 0 Å². The van der Waals surface area contributed by atoms with Crippen LogP contribution in [-0.4, -0.2) is 68.1 Å². The number of carbonyl (C=O) groups is 1. The van der Waals surface area contributed by atoms with Crippen molar-refractivity contribution in [1.29, 1.82) is 0 Å². The van der Waals surface area contributed by atoms with Crippen molar-refractivity contribution in [2.24, 2.45) is 0 Å². The van der Waals surface area contributed by atoms with Gasteiger partial charge in [0.1, 0.15) is 35.1 Å². The summed E-state index contributed by atoms with van der Waals surface area (Å²) < 4.78 is 54.9. The molecule has 0 aromatic carbocycles. The molecule has 0 saturated heterocycles. The van der Waals surface area contributed by atoms with E-state index in [1.807, 2.05) is 0 Å². The van der Waals surface area contributed by atoms with Gasteiger partial charge in [-0.2, -0.15) is 23.3 Å². The number of quaternary nitrogens is 1. The molecule has 0 saturated carbocycles. The highest BCUT2D eigenvalue weighted by molar-refractivity contribution is 7.52. The third-order valence-corrected chi connectivity index (χ3v) is 9.08. The summed E-state index contributed by atoms with van der Waals surface area (Å²) in [7, 11) is -3.82. The number of rotatable bonds is 10. The number of aliphatic hydroxyl groups is 1. The Morgan fingerprint density at radius 3 is 2.63 bits per heavy atom. The van der Waals surface area contributed by atoms with Crippen LogP contribution >= 0.6 is 7.60 Å². The van der Waals surface area contributed by atoms with Gasteiger partial charge in [-0.15, -0.1) is 0 Å². The number of alkyl halides is 3. The number of aromatic amines is 1. The first-order chi connectivity index (χ1) is 20.2. The van der Waals surface area contributed by atoms with E-state index in [9.17, 15) is 37.4 Å². The summed E-state index contributed by atoms with van der Waals surface area (Å²) in [6.07, 6.45) is 4.78. The molecule has 1 aliphatic heterocycles. The Morgan fingerprint density at radius 1 is 1.30 bits per heavy atom. The Hall–Kier alpha value is -3.82. The molecule has 1 aliphatic carbocycles. The second-order valence-electron chi connectivity index (χ2n) is 10.2. The molecular formula is C26H32F3N8O5P. The fourth-order valence-electron chi connectivity index (χ4n) is 5.28. The molecular weight excluding hydrogens is 592 g/mol. The molecule has 0 spiro atoms. The van der Waals surface area contributed by atoms with Gasteiger partial charge in [0.2, 0.25) is 11.6 Å². The van der Waals surface area contributed by atoms with Crippen LogP contribution < -0.4 is 25.3 Å². The molecule has 1 amide bonds. The molecule has 3 atom stereocenters. The number of carbonyl (C=O) groups excluding carboxylic acids is 1. The zero-order valence-electron chi connectivity index (χ0n) is 23.6. The topological polar surface area (TPSA) is 188 Å². The van der Waals surface area contributed by atoms with Gasteiger partial charge in [-0.05, 0) is 31.6 Å². The van der Waals surface area contributed by atoms with E-state index in [0.29, 0.717) is 11.9 Å². The van der Waals surface area contributed by atoms with E-state index in [2.05, 4.69) is 36.1 Å². The second kappa shape index (κ2) is 12.1. The molecule has 6 N–H and O–H groups in total. The van der Waals surface area contributed by atoms with E-state index in [4.69, 9.17) is 0 Å². The summed E-state index contributed by atoms with van der Waals surface area (Å²) in [5, 5.41) is 21.9. The van der Waals surface area contributed by atoms with Crippen molar-refractivity contribution in [2.75, 3.05) is 37.4 Å². The number of amides is 1. The number of aliphatic hydroxyl groups excluding tert-OH is 1. The first-order valence-corrected chi connectivity index (χ1v) is 14.8. The molecule has 2 aromatic rings. The summed E-state index contributed by atoms with van der Waals surface area (Å²) in [4.78, 5) is 43.8. The van der Waals surface area contributed by atoms with Crippen molar-refractivity contribution in [3.8, 4) is 0 Å². The van der Waals surface area contributed by atoms with Crippen LogP contribution in [0.1, 0.15) is 32.3 Å². The molecule has 3 unspecified atom stereocenters. The number of hydrogen-bond acceptors (Lipinski definition) is 9. The van der Waals surface area contributed by atoms with Crippen LogP contribution in [0.3, 0.4) is 0 Å². The lowest BCUT2D eigenvalue weighted by Gasteiger charge is -2.43. The first-order valence-electron chi connectivity index (χ1n) is 13.2. The van der Waals surface area contributed by atoms with E-state index in [1.54, 1.807) is 25.3 Å². The zero-order valence-corrected chi connectivity index (χ0v) is 24.5. The number of anilines is 2. The number of hydrogen-bond donors (Lipinski definition) is 6. The lowest BCUT2D eigenvalue weighted by molar-refractivity contribution is -0.198. The SMILES string of the molecule is CNC(=O)C1=C(Nc2nc(NC3(P(=O)([O-])O)CC=C(C)C=C3C)ncc2C(F)(F)F)C=CC[N+]1(CCCO)c1cn[nH]c1. The monoisotopic (exact) mass is 624 g/mol. The van der Waals surface area contributed by atoms with Crippen molar-refractivity contribution in [3.05, 3.63) is 71.0 Å². The quantitative estimate of drug-likeness (QED) is 0.169. The number of halogens is 3. The number of aromatic nitrogens is 4. The highest BCUT2D eigenvalue weighted by Gasteiger charge is 2.46. The van der Waals surface area contributed by atoms with Crippen LogP contribution in [-0.2, 0) is 15.5 Å². The van der Waals surface area contributed by atoms with Gasteiger partial charge in [-0.1, -0.05) is 17.7 Å².